The summed E-state index contributed by atoms with van der Waals surface area (Å²) in [4.78, 5) is 10.6. The lowest BCUT2D eigenvalue weighted by atomic mass is 10.2. The van der Waals surface area contributed by atoms with E-state index >= 15 is 0 Å². The highest BCUT2D eigenvalue weighted by Crippen LogP contribution is 2.24. The first-order valence-electron chi connectivity index (χ1n) is 9.05. The third-order valence-electron chi connectivity index (χ3n) is 4.58. The van der Waals surface area contributed by atoms with E-state index in [1.165, 1.54) is 0 Å². The summed E-state index contributed by atoms with van der Waals surface area (Å²) in [6.45, 7) is 7.68. The molecule has 0 aromatic carbocycles. The Kier molecular flexibility index (Phi) is 6.86. The van der Waals surface area contributed by atoms with E-state index in [1.54, 1.807) is 27.1 Å². The van der Waals surface area contributed by atoms with E-state index in [0.717, 1.165) is 18.4 Å². The molecule has 0 saturated carbocycles. The van der Waals surface area contributed by atoms with Crippen LogP contribution >= 0.6 is 0 Å². The molecule has 0 spiro atoms. The van der Waals surface area contributed by atoms with E-state index < -0.39 is 14.6 Å². The van der Waals surface area contributed by atoms with Crippen molar-refractivity contribution >= 4 is 15.8 Å². The Morgan fingerprint density at radius 2 is 2.23 bits per heavy atom. The van der Waals surface area contributed by atoms with Crippen molar-refractivity contribution in [2.45, 2.75) is 44.9 Å². The van der Waals surface area contributed by atoms with Gasteiger partial charge in [-0.3, -0.25) is 4.99 Å². The molecule has 0 radical (unpaired) electrons. The van der Waals surface area contributed by atoms with Crippen molar-refractivity contribution in [2.75, 3.05) is 32.5 Å². The molecular weight excluding hydrogens is 352 g/mol. The zero-order valence-corrected chi connectivity index (χ0v) is 17.0. The summed E-state index contributed by atoms with van der Waals surface area (Å²) in [5, 5.41) is 3.31. The number of aromatic nitrogens is 1. The maximum absolute atomic E-state index is 12.2. The third-order valence-corrected chi connectivity index (χ3v) is 7.11. The lowest BCUT2D eigenvalue weighted by molar-refractivity contribution is 0.294. The molecule has 1 aromatic heterocycles. The summed E-state index contributed by atoms with van der Waals surface area (Å²) in [5.41, 5.74) is 0.952. The molecule has 7 nitrogen and oxygen atoms in total. The highest BCUT2D eigenvalue weighted by atomic mass is 32.2. The Morgan fingerprint density at radius 1 is 1.46 bits per heavy atom. The standard InChI is InChI=1S/C18H30N4O3S/c1-5-6-11-25-16-15(8-7-9-20-16)13-21-17(19-4)22-10-12-26(23,24)18(2,3)14-22/h7-9H,5-6,10-14H2,1-4H3,(H,19,21). The SMILES string of the molecule is CCCCOc1ncccc1CNC(=NC)N1CCS(=O)(=O)C(C)(C)C1. The van der Waals surface area contributed by atoms with Crippen LogP contribution in [0.15, 0.2) is 23.3 Å². The number of guanidine groups is 1. The fourth-order valence-corrected chi connectivity index (χ4v) is 4.20. The van der Waals surface area contributed by atoms with Crippen molar-refractivity contribution in [2.24, 2.45) is 4.99 Å². The number of sulfone groups is 1. The van der Waals surface area contributed by atoms with Crippen molar-refractivity contribution in [1.82, 2.24) is 15.2 Å². The molecule has 2 rings (SSSR count). The maximum atomic E-state index is 12.2. The van der Waals surface area contributed by atoms with E-state index in [0.29, 0.717) is 38.1 Å². The minimum Gasteiger partial charge on any atom is -0.477 e. The Balaban J connectivity index is 2.02. The number of pyridine rings is 1. The number of nitrogens with zero attached hydrogens (tertiary/aromatic N) is 3. The molecule has 0 unspecified atom stereocenters. The summed E-state index contributed by atoms with van der Waals surface area (Å²) in [6.07, 6.45) is 3.78. The second-order valence-corrected chi connectivity index (χ2v) is 9.81. The normalized spacial score (nSPS) is 19.2. The van der Waals surface area contributed by atoms with Gasteiger partial charge >= 0.3 is 0 Å². The van der Waals surface area contributed by atoms with Gasteiger partial charge in [-0.25, -0.2) is 13.4 Å². The second kappa shape index (κ2) is 8.70. The van der Waals surface area contributed by atoms with Crippen LogP contribution in [-0.2, 0) is 16.4 Å². The monoisotopic (exact) mass is 382 g/mol. The number of unbranched alkanes of at least 4 members (excludes halogenated alkanes) is 1. The van der Waals surface area contributed by atoms with Crippen molar-refractivity contribution < 1.29 is 13.2 Å². The largest absolute Gasteiger partial charge is 0.477 e. The zero-order chi connectivity index (χ0) is 19.2. The molecule has 146 valence electrons. The van der Waals surface area contributed by atoms with Crippen LogP contribution < -0.4 is 10.1 Å². The highest BCUT2D eigenvalue weighted by molar-refractivity contribution is 7.92. The molecule has 0 atom stereocenters. The van der Waals surface area contributed by atoms with E-state index in [2.05, 4.69) is 22.2 Å². The van der Waals surface area contributed by atoms with Crippen molar-refractivity contribution in [1.29, 1.82) is 0 Å². The molecular formula is C18H30N4O3S. The first-order chi connectivity index (χ1) is 12.3. The number of aliphatic imine (C=N–C) groups is 1. The summed E-state index contributed by atoms with van der Waals surface area (Å²) >= 11 is 0. The Labute approximate surface area is 156 Å². The average Bonchev–Trinajstić information content (AvgIpc) is 2.60. The molecule has 1 saturated heterocycles. The third kappa shape index (κ3) is 4.87. The van der Waals surface area contributed by atoms with Gasteiger partial charge in [-0.05, 0) is 26.3 Å². The fourth-order valence-electron chi connectivity index (χ4n) is 2.83. The molecule has 1 fully saturated rings. The van der Waals surface area contributed by atoms with Crippen LogP contribution in [0.25, 0.3) is 0 Å². The van der Waals surface area contributed by atoms with E-state index in [4.69, 9.17) is 4.74 Å². The summed E-state index contributed by atoms with van der Waals surface area (Å²) in [5.74, 6) is 1.46. The van der Waals surface area contributed by atoms with Crippen LogP contribution in [0, 0.1) is 0 Å². The molecule has 0 bridgehead atoms. The molecule has 1 aliphatic rings. The predicted molar refractivity (Wildman–Crippen MR) is 104 cm³/mol. The van der Waals surface area contributed by atoms with Crippen LogP contribution in [-0.4, -0.2) is 61.5 Å². The van der Waals surface area contributed by atoms with Crippen molar-refractivity contribution in [3.05, 3.63) is 23.9 Å². The molecule has 2 heterocycles. The number of nitrogens with one attached hydrogen (secondary N) is 1. The van der Waals surface area contributed by atoms with Gasteiger partial charge in [-0.15, -0.1) is 0 Å². The van der Waals surface area contributed by atoms with Crippen LogP contribution in [0.5, 0.6) is 5.88 Å². The van der Waals surface area contributed by atoms with Gasteiger partial charge in [0.05, 0.1) is 17.1 Å². The van der Waals surface area contributed by atoms with Gasteiger partial charge < -0.3 is 15.0 Å². The number of hydrogen-bond donors (Lipinski definition) is 1. The molecule has 0 aliphatic carbocycles. The topological polar surface area (TPSA) is 83.9 Å². The molecule has 26 heavy (non-hydrogen) atoms. The first kappa shape index (κ1) is 20.5. The number of rotatable bonds is 6. The van der Waals surface area contributed by atoms with Crippen LogP contribution in [0.4, 0.5) is 0 Å². The van der Waals surface area contributed by atoms with Gasteiger partial charge in [0.2, 0.25) is 5.88 Å². The van der Waals surface area contributed by atoms with Gasteiger partial charge in [-0.1, -0.05) is 19.4 Å². The van der Waals surface area contributed by atoms with Gasteiger partial charge in [-0.2, -0.15) is 0 Å². The summed E-state index contributed by atoms with van der Waals surface area (Å²) in [6, 6.07) is 3.85. The fraction of sp³-hybridized carbons (Fsp3) is 0.667. The Morgan fingerprint density at radius 3 is 2.88 bits per heavy atom. The Bertz CT molecular complexity index is 732. The van der Waals surface area contributed by atoms with E-state index in [-0.39, 0.29) is 5.75 Å². The second-order valence-electron chi connectivity index (χ2n) is 7.07. The first-order valence-corrected chi connectivity index (χ1v) is 10.7. The van der Waals surface area contributed by atoms with Gasteiger partial charge in [0.25, 0.3) is 0 Å². The summed E-state index contributed by atoms with van der Waals surface area (Å²) in [7, 11) is -1.37. The average molecular weight is 383 g/mol. The molecule has 1 aromatic rings. The quantitative estimate of drug-likeness (QED) is 0.459. The lowest BCUT2D eigenvalue weighted by Gasteiger charge is -2.39. The smallest absolute Gasteiger partial charge is 0.218 e. The van der Waals surface area contributed by atoms with E-state index in [1.807, 2.05) is 17.0 Å². The van der Waals surface area contributed by atoms with Crippen molar-refractivity contribution in [3.63, 3.8) is 0 Å². The van der Waals surface area contributed by atoms with Crippen molar-refractivity contribution in [3.8, 4) is 5.88 Å². The van der Waals surface area contributed by atoms with Crippen LogP contribution in [0.2, 0.25) is 0 Å². The molecule has 8 heteroatoms. The molecule has 0 amide bonds. The highest BCUT2D eigenvalue weighted by Gasteiger charge is 2.40. The number of ether oxygens (including phenoxy) is 1. The molecule has 1 N–H and O–H groups in total. The van der Waals surface area contributed by atoms with Gasteiger partial charge in [0, 0.05) is 38.4 Å². The van der Waals surface area contributed by atoms with Crippen LogP contribution in [0.3, 0.4) is 0 Å². The Hall–Kier alpha value is -1.83. The van der Waals surface area contributed by atoms with Crippen LogP contribution in [0.1, 0.15) is 39.2 Å². The lowest BCUT2D eigenvalue weighted by Crippen LogP contribution is -2.57. The predicted octanol–water partition coefficient (Wildman–Crippen LogP) is 1.84. The zero-order valence-electron chi connectivity index (χ0n) is 16.2. The van der Waals surface area contributed by atoms with Gasteiger partial charge in [0.1, 0.15) is 0 Å². The minimum absolute atomic E-state index is 0.138. The summed E-state index contributed by atoms with van der Waals surface area (Å²) < 4.78 is 29.4. The minimum atomic E-state index is -3.08. The molecule has 1 aliphatic heterocycles. The van der Waals surface area contributed by atoms with E-state index in [9.17, 15) is 8.42 Å². The van der Waals surface area contributed by atoms with Gasteiger partial charge in [0.15, 0.2) is 15.8 Å². The number of hydrogen-bond acceptors (Lipinski definition) is 5. The maximum Gasteiger partial charge on any atom is 0.218 e.